The smallest absolute Gasteiger partial charge is 0.237 e. The van der Waals surface area contributed by atoms with Crippen molar-refractivity contribution in [1.82, 2.24) is 25.3 Å². The van der Waals surface area contributed by atoms with E-state index in [2.05, 4.69) is 51.6 Å². The molecular formula is C20H25N5O2. The number of carbonyl (C=O) groups is 2. The van der Waals surface area contributed by atoms with Crippen molar-refractivity contribution in [3.8, 4) is 0 Å². The summed E-state index contributed by atoms with van der Waals surface area (Å²) in [6.45, 7) is 5.35. The molecule has 0 radical (unpaired) electrons. The summed E-state index contributed by atoms with van der Waals surface area (Å²) in [7, 11) is 0. The molecule has 2 aliphatic rings. The van der Waals surface area contributed by atoms with E-state index >= 15 is 0 Å². The predicted molar refractivity (Wildman–Crippen MR) is 101 cm³/mol. The Morgan fingerprint density at radius 1 is 1.26 bits per heavy atom. The van der Waals surface area contributed by atoms with E-state index in [0.717, 1.165) is 29.8 Å². The molecular weight excluding hydrogens is 342 g/mol. The lowest BCUT2D eigenvalue weighted by Crippen LogP contribution is -2.56. The van der Waals surface area contributed by atoms with E-state index in [1.807, 2.05) is 4.90 Å². The van der Waals surface area contributed by atoms with Crippen molar-refractivity contribution in [3.63, 3.8) is 0 Å². The molecule has 3 heterocycles. The maximum absolute atomic E-state index is 12.9. The lowest BCUT2D eigenvalue weighted by molar-refractivity contribution is -0.139. The molecule has 27 heavy (non-hydrogen) atoms. The van der Waals surface area contributed by atoms with Crippen LogP contribution in [0.1, 0.15) is 28.8 Å². The molecule has 1 fully saturated rings. The first-order chi connectivity index (χ1) is 13.1. The number of rotatable bonds is 4. The van der Waals surface area contributed by atoms with E-state index in [1.54, 1.807) is 6.20 Å². The van der Waals surface area contributed by atoms with Gasteiger partial charge < -0.3 is 10.2 Å². The second-order valence-electron chi connectivity index (χ2n) is 7.41. The summed E-state index contributed by atoms with van der Waals surface area (Å²) in [5.74, 6) is -0.0273. The minimum absolute atomic E-state index is 0.0257. The number of fused-ring (bicyclic) bond motifs is 1. The van der Waals surface area contributed by atoms with Crippen LogP contribution in [0.4, 0.5) is 0 Å². The molecule has 0 saturated carbocycles. The second-order valence-corrected chi connectivity index (χ2v) is 7.41. The number of amides is 2. The first kappa shape index (κ1) is 17.7. The summed E-state index contributed by atoms with van der Waals surface area (Å²) in [6.07, 6.45) is 2.78. The van der Waals surface area contributed by atoms with Crippen molar-refractivity contribution in [2.75, 3.05) is 19.6 Å². The Bertz CT molecular complexity index is 829. The van der Waals surface area contributed by atoms with Crippen LogP contribution in [0.15, 0.2) is 30.5 Å². The number of aromatic amines is 1. The number of nitrogens with zero attached hydrogens (tertiary/aromatic N) is 3. The van der Waals surface area contributed by atoms with Gasteiger partial charge in [0.2, 0.25) is 11.8 Å². The maximum atomic E-state index is 12.9. The third-order valence-electron chi connectivity index (χ3n) is 5.47. The van der Waals surface area contributed by atoms with Gasteiger partial charge in [0, 0.05) is 50.4 Å². The zero-order valence-corrected chi connectivity index (χ0v) is 15.6. The zero-order valence-electron chi connectivity index (χ0n) is 15.6. The quantitative estimate of drug-likeness (QED) is 0.845. The van der Waals surface area contributed by atoms with Gasteiger partial charge in [-0.05, 0) is 12.5 Å². The molecule has 1 aromatic carbocycles. The first-order valence-electron chi connectivity index (χ1n) is 9.46. The number of aryl methyl sites for hydroxylation is 1. The normalized spacial score (nSPS) is 20.3. The van der Waals surface area contributed by atoms with E-state index < -0.39 is 6.04 Å². The third-order valence-corrected chi connectivity index (χ3v) is 5.47. The average Bonchev–Trinajstić information content (AvgIpc) is 3.14. The summed E-state index contributed by atoms with van der Waals surface area (Å²) in [6, 6.07) is 7.92. The van der Waals surface area contributed by atoms with Crippen LogP contribution < -0.4 is 5.32 Å². The summed E-state index contributed by atoms with van der Waals surface area (Å²) in [4.78, 5) is 29.3. The number of aromatic nitrogens is 2. The highest BCUT2D eigenvalue weighted by Gasteiger charge is 2.33. The lowest BCUT2D eigenvalue weighted by atomic mass is 10.0. The lowest BCUT2D eigenvalue weighted by Gasteiger charge is -2.36. The molecule has 4 rings (SSSR count). The molecule has 142 valence electrons. The SMILES string of the molecule is Cc1ccc(CN2CCNC(=O)[C@@H]2CC(=O)N2CCc3[nH]ncc3C2)cc1. The molecule has 1 atom stereocenters. The Hall–Kier alpha value is -2.67. The number of carbonyl (C=O) groups excluding carboxylic acids is 2. The Kier molecular flexibility index (Phi) is 4.94. The van der Waals surface area contributed by atoms with Crippen molar-refractivity contribution in [3.05, 3.63) is 52.8 Å². The van der Waals surface area contributed by atoms with Gasteiger partial charge in [0.05, 0.1) is 18.7 Å². The molecule has 0 spiro atoms. The molecule has 0 bridgehead atoms. The van der Waals surface area contributed by atoms with Crippen LogP contribution in [0, 0.1) is 6.92 Å². The van der Waals surface area contributed by atoms with Crippen molar-refractivity contribution in [2.45, 2.75) is 38.9 Å². The van der Waals surface area contributed by atoms with Crippen LogP contribution in [0.3, 0.4) is 0 Å². The fraction of sp³-hybridized carbons (Fsp3) is 0.450. The molecule has 7 heteroatoms. The molecule has 1 saturated heterocycles. The molecule has 1 aromatic heterocycles. The van der Waals surface area contributed by atoms with Crippen molar-refractivity contribution >= 4 is 11.8 Å². The van der Waals surface area contributed by atoms with Crippen molar-refractivity contribution < 1.29 is 9.59 Å². The Balaban J connectivity index is 1.43. The van der Waals surface area contributed by atoms with Gasteiger partial charge in [-0.2, -0.15) is 5.10 Å². The molecule has 0 aliphatic carbocycles. The predicted octanol–water partition coefficient (Wildman–Crippen LogP) is 0.994. The van der Waals surface area contributed by atoms with E-state index in [1.165, 1.54) is 5.56 Å². The molecule has 2 N–H and O–H groups in total. The average molecular weight is 367 g/mol. The number of benzene rings is 1. The van der Waals surface area contributed by atoms with Gasteiger partial charge in [0.25, 0.3) is 0 Å². The van der Waals surface area contributed by atoms with Crippen molar-refractivity contribution in [2.24, 2.45) is 0 Å². The van der Waals surface area contributed by atoms with Crippen LogP contribution >= 0.6 is 0 Å². The van der Waals surface area contributed by atoms with E-state index in [-0.39, 0.29) is 18.2 Å². The van der Waals surface area contributed by atoms with Gasteiger partial charge in [-0.15, -0.1) is 0 Å². The third kappa shape index (κ3) is 3.88. The van der Waals surface area contributed by atoms with Crippen LogP contribution in [0.2, 0.25) is 0 Å². The Morgan fingerprint density at radius 2 is 2.07 bits per heavy atom. The number of H-pyrrole nitrogens is 1. The molecule has 7 nitrogen and oxygen atoms in total. The summed E-state index contributed by atoms with van der Waals surface area (Å²) >= 11 is 0. The van der Waals surface area contributed by atoms with Gasteiger partial charge in [0.1, 0.15) is 0 Å². The van der Waals surface area contributed by atoms with E-state index in [4.69, 9.17) is 0 Å². The number of hydrogen-bond acceptors (Lipinski definition) is 4. The minimum Gasteiger partial charge on any atom is -0.353 e. The standard InChI is InChI=1S/C20H25N5O2/c1-14-2-4-15(5-3-14)12-24-9-7-21-20(27)18(24)10-19(26)25-8-6-17-16(13-25)11-22-23-17/h2-5,11,18H,6-10,12-13H2,1H3,(H,21,27)(H,22,23)/t18-/m0/s1. The largest absolute Gasteiger partial charge is 0.353 e. The fourth-order valence-electron chi connectivity index (χ4n) is 3.83. The number of hydrogen-bond donors (Lipinski definition) is 2. The van der Waals surface area contributed by atoms with Gasteiger partial charge in [-0.25, -0.2) is 0 Å². The maximum Gasteiger partial charge on any atom is 0.237 e. The topological polar surface area (TPSA) is 81.3 Å². The highest BCUT2D eigenvalue weighted by molar-refractivity contribution is 5.89. The Morgan fingerprint density at radius 3 is 2.89 bits per heavy atom. The highest BCUT2D eigenvalue weighted by Crippen LogP contribution is 2.20. The number of nitrogens with one attached hydrogen (secondary N) is 2. The molecule has 0 unspecified atom stereocenters. The summed E-state index contributed by atoms with van der Waals surface area (Å²) < 4.78 is 0. The van der Waals surface area contributed by atoms with Crippen LogP contribution in [0.5, 0.6) is 0 Å². The monoisotopic (exact) mass is 367 g/mol. The van der Waals surface area contributed by atoms with Gasteiger partial charge >= 0.3 is 0 Å². The molecule has 2 aliphatic heterocycles. The van der Waals surface area contributed by atoms with Crippen molar-refractivity contribution in [1.29, 1.82) is 0 Å². The van der Waals surface area contributed by atoms with Crippen LogP contribution in [-0.4, -0.2) is 57.5 Å². The minimum atomic E-state index is -0.418. The summed E-state index contributed by atoms with van der Waals surface area (Å²) in [5.41, 5.74) is 4.55. The fourth-order valence-corrected chi connectivity index (χ4v) is 3.83. The highest BCUT2D eigenvalue weighted by atomic mass is 16.2. The number of piperazine rings is 1. The second kappa shape index (κ2) is 7.52. The Labute approximate surface area is 158 Å². The van der Waals surface area contributed by atoms with Gasteiger partial charge in [-0.1, -0.05) is 29.8 Å². The van der Waals surface area contributed by atoms with E-state index in [0.29, 0.717) is 26.2 Å². The first-order valence-corrected chi connectivity index (χ1v) is 9.46. The van der Waals surface area contributed by atoms with Gasteiger partial charge in [-0.3, -0.25) is 19.6 Å². The molecule has 2 amide bonds. The van der Waals surface area contributed by atoms with Crippen LogP contribution in [0.25, 0.3) is 0 Å². The summed E-state index contributed by atoms with van der Waals surface area (Å²) in [5, 5.41) is 9.95. The van der Waals surface area contributed by atoms with Gasteiger partial charge in [0.15, 0.2) is 0 Å². The molecule has 2 aromatic rings. The zero-order chi connectivity index (χ0) is 18.8. The van der Waals surface area contributed by atoms with Crippen LogP contribution in [-0.2, 0) is 29.1 Å². The van der Waals surface area contributed by atoms with E-state index in [9.17, 15) is 9.59 Å².